The second kappa shape index (κ2) is 3.74. The minimum atomic E-state index is 0. The van der Waals surface area contributed by atoms with Crippen LogP contribution in [0.3, 0.4) is 0 Å². The van der Waals surface area contributed by atoms with Gasteiger partial charge in [0.25, 0.3) is 0 Å². The summed E-state index contributed by atoms with van der Waals surface area (Å²) in [6.45, 7) is 2.22. The zero-order chi connectivity index (χ0) is 6.81. The molecular formula is C7H12ClN3. The number of rotatable bonds is 1. The summed E-state index contributed by atoms with van der Waals surface area (Å²) in [7, 11) is 0. The molecule has 0 saturated carbocycles. The molecule has 3 nitrogen and oxygen atoms in total. The average Bonchev–Trinajstić information content (AvgIpc) is 2.59. The Bertz CT molecular complexity index is 191. The standard InChI is InChI=1S/C7H11N3.ClH/c1-3-8-5-6(1)7-2-4-9-10-7;/h2,4,6,8H,1,3,5H2,(H,9,10);1H. The van der Waals surface area contributed by atoms with E-state index in [1.807, 2.05) is 6.20 Å². The largest absolute Gasteiger partial charge is 0.316 e. The number of hydrogen-bond donors (Lipinski definition) is 2. The predicted molar refractivity (Wildman–Crippen MR) is 46.1 cm³/mol. The topological polar surface area (TPSA) is 40.7 Å². The SMILES string of the molecule is Cl.c1cc(C2CCNC2)n[nH]1. The van der Waals surface area contributed by atoms with E-state index in [0.29, 0.717) is 5.92 Å². The van der Waals surface area contributed by atoms with Gasteiger partial charge in [0.1, 0.15) is 0 Å². The number of aromatic amines is 1. The summed E-state index contributed by atoms with van der Waals surface area (Å²) in [5.41, 5.74) is 1.20. The van der Waals surface area contributed by atoms with E-state index in [-0.39, 0.29) is 12.4 Å². The maximum atomic E-state index is 4.13. The first kappa shape index (κ1) is 8.56. The van der Waals surface area contributed by atoms with Gasteiger partial charge < -0.3 is 5.32 Å². The summed E-state index contributed by atoms with van der Waals surface area (Å²) in [6, 6.07) is 2.05. The van der Waals surface area contributed by atoms with Gasteiger partial charge in [-0.15, -0.1) is 12.4 Å². The van der Waals surface area contributed by atoms with Crippen molar-refractivity contribution in [2.75, 3.05) is 13.1 Å². The van der Waals surface area contributed by atoms with E-state index in [1.54, 1.807) is 0 Å². The maximum Gasteiger partial charge on any atom is 0.0666 e. The lowest BCUT2D eigenvalue weighted by atomic mass is 10.1. The molecule has 1 saturated heterocycles. The number of nitrogens with one attached hydrogen (secondary N) is 2. The molecular weight excluding hydrogens is 162 g/mol. The summed E-state index contributed by atoms with van der Waals surface area (Å²) in [5, 5.41) is 10.3. The van der Waals surface area contributed by atoms with Crippen molar-refractivity contribution < 1.29 is 0 Å². The molecule has 0 aliphatic carbocycles. The smallest absolute Gasteiger partial charge is 0.0666 e. The zero-order valence-corrected chi connectivity index (χ0v) is 7.03. The fourth-order valence-electron chi connectivity index (χ4n) is 1.41. The molecule has 1 aromatic heterocycles. The lowest BCUT2D eigenvalue weighted by molar-refractivity contribution is 0.729. The van der Waals surface area contributed by atoms with Crippen LogP contribution in [0.4, 0.5) is 0 Å². The summed E-state index contributed by atoms with van der Waals surface area (Å²) in [5.74, 6) is 0.645. The molecule has 62 valence electrons. The molecule has 1 aliphatic heterocycles. The summed E-state index contributed by atoms with van der Waals surface area (Å²) in [6.07, 6.45) is 3.11. The highest BCUT2D eigenvalue weighted by molar-refractivity contribution is 5.85. The molecule has 2 rings (SSSR count). The Morgan fingerprint density at radius 3 is 3.00 bits per heavy atom. The zero-order valence-electron chi connectivity index (χ0n) is 6.21. The van der Waals surface area contributed by atoms with Crippen LogP contribution in [0, 0.1) is 0 Å². The summed E-state index contributed by atoms with van der Waals surface area (Å²) >= 11 is 0. The fraction of sp³-hybridized carbons (Fsp3) is 0.571. The molecule has 2 N–H and O–H groups in total. The molecule has 0 aromatic carbocycles. The van der Waals surface area contributed by atoms with Gasteiger partial charge in [0.2, 0.25) is 0 Å². The van der Waals surface area contributed by atoms with Crippen LogP contribution in [0.5, 0.6) is 0 Å². The Labute approximate surface area is 72.0 Å². The van der Waals surface area contributed by atoms with Crippen LogP contribution >= 0.6 is 12.4 Å². The Kier molecular flexibility index (Phi) is 2.91. The number of nitrogens with zero attached hydrogens (tertiary/aromatic N) is 1. The van der Waals surface area contributed by atoms with E-state index in [9.17, 15) is 0 Å². The minimum absolute atomic E-state index is 0. The van der Waals surface area contributed by atoms with Gasteiger partial charge >= 0.3 is 0 Å². The lowest BCUT2D eigenvalue weighted by Gasteiger charge is -2.00. The Balaban J connectivity index is 0.000000605. The number of hydrogen-bond acceptors (Lipinski definition) is 2. The van der Waals surface area contributed by atoms with Gasteiger partial charge in [-0.05, 0) is 19.0 Å². The van der Waals surface area contributed by atoms with Crippen molar-refractivity contribution in [2.24, 2.45) is 0 Å². The molecule has 1 aromatic rings. The first-order valence-electron chi connectivity index (χ1n) is 3.67. The molecule has 4 heteroatoms. The van der Waals surface area contributed by atoms with Gasteiger partial charge in [0, 0.05) is 18.7 Å². The van der Waals surface area contributed by atoms with Crippen LogP contribution < -0.4 is 5.32 Å². The van der Waals surface area contributed by atoms with Crippen molar-refractivity contribution >= 4 is 12.4 Å². The highest BCUT2D eigenvalue weighted by atomic mass is 35.5. The second-order valence-corrected chi connectivity index (χ2v) is 2.69. The predicted octanol–water partition coefficient (Wildman–Crippen LogP) is 0.908. The summed E-state index contributed by atoms with van der Waals surface area (Å²) in [4.78, 5) is 0. The van der Waals surface area contributed by atoms with Gasteiger partial charge in [-0.2, -0.15) is 5.10 Å². The van der Waals surface area contributed by atoms with Crippen molar-refractivity contribution in [1.29, 1.82) is 0 Å². The molecule has 1 unspecified atom stereocenters. The third kappa shape index (κ3) is 1.73. The third-order valence-corrected chi connectivity index (χ3v) is 2.00. The van der Waals surface area contributed by atoms with Crippen LogP contribution in [0.2, 0.25) is 0 Å². The highest BCUT2D eigenvalue weighted by Crippen LogP contribution is 2.18. The molecule has 1 fully saturated rings. The van der Waals surface area contributed by atoms with Crippen LogP contribution in [-0.2, 0) is 0 Å². The molecule has 11 heavy (non-hydrogen) atoms. The second-order valence-electron chi connectivity index (χ2n) is 2.69. The fourth-order valence-corrected chi connectivity index (χ4v) is 1.41. The van der Waals surface area contributed by atoms with Gasteiger partial charge in [-0.1, -0.05) is 0 Å². The van der Waals surface area contributed by atoms with Crippen molar-refractivity contribution in [3.63, 3.8) is 0 Å². The minimum Gasteiger partial charge on any atom is -0.316 e. The molecule has 0 amide bonds. The molecule has 0 spiro atoms. The normalized spacial score (nSPS) is 23.1. The average molecular weight is 174 g/mol. The van der Waals surface area contributed by atoms with Crippen molar-refractivity contribution in [3.8, 4) is 0 Å². The molecule has 0 radical (unpaired) electrons. The first-order chi connectivity index (χ1) is 4.97. The Morgan fingerprint density at radius 1 is 1.55 bits per heavy atom. The number of H-pyrrole nitrogens is 1. The third-order valence-electron chi connectivity index (χ3n) is 2.00. The Morgan fingerprint density at radius 2 is 2.45 bits per heavy atom. The van der Waals surface area contributed by atoms with Crippen LogP contribution in [0.15, 0.2) is 12.3 Å². The van der Waals surface area contributed by atoms with Crippen LogP contribution in [0.25, 0.3) is 0 Å². The maximum absolute atomic E-state index is 4.13. The Hall–Kier alpha value is -0.540. The first-order valence-corrected chi connectivity index (χ1v) is 3.67. The van der Waals surface area contributed by atoms with E-state index in [0.717, 1.165) is 13.1 Å². The number of aromatic nitrogens is 2. The van der Waals surface area contributed by atoms with Gasteiger partial charge in [-0.25, -0.2) is 0 Å². The molecule has 1 aliphatic rings. The number of halogens is 1. The van der Waals surface area contributed by atoms with Crippen LogP contribution in [-0.4, -0.2) is 23.3 Å². The van der Waals surface area contributed by atoms with Crippen molar-refractivity contribution in [2.45, 2.75) is 12.3 Å². The van der Waals surface area contributed by atoms with E-state index in [4.69, 9.17) is 0 Å². The van der Waals surface area contributed by atoms with E-state index < -0.39 is 0 Å². The molecule has 0 bridgehead atoms. The molecule has 1 atom stereocenters. The van der Waals surface area contributed by atoms with Gasteiger partial charge in [0.15, 0.2) is 0 Å². The molecule has 2 heterocycles. The van der Waals surface area contributed by atoms with Gasteiger partial charge in [0.05, 0.1) is 5.69 Å². The van der Waals surface area contributed by atoms with Gasteiger partial charge in [-0.3, -0.25) is 5.10 Å². The van der Waals surface area contributed by atoms with E-state index in [2.05, 4.69) is 21.6 Å². The highest BCUT2D eigenvalue weighted by Gasteiger charge is 2.17. The van der Waals surface area contributed by atoms with Crippen molar-refractivity contribution in [1.82, 2.24) is 15.5 Å². The van der Waals surface area contributed by atoms with E-state index >= 15 is 0 Å². The monoisotopic (exact) mass is 173 g/mol. The van der Waals surface area contributed by atoms with Crippen molar-refractivity contribution in [3.05, 3.63) is 18.0 Å². The lowest BCUT2D eigenvalue weighted by Crippen LogP contribution is -2.08. The van der Waals surface area contributed by atoms with Crippen LogP contribution in [0.1, 0.15) is 18.0 Å². The van der Waals surface area contributed by atoms with E-state index in [1.165, 1.54) is 12.1 Å². The summed E-state index contributed by atoms with van der Waals surface area (Å²) < 4.78 is 0. The quantitative estimate of drug-likeness (QED) is 0.663.